The van der Waals surface area contributed by atoms with Gasteiger partial charge in [0.2, 0.25) is 11.8 Å². The van der Waals surface area contributed by atoms with Crippen LogP contribution in [-0.4, -0.2) is 17.5 Å². The summed E-state index contributed by atoms with van der Waals surface area (Å²) in [5.41, 5.74) is 14.8. The van der Waals surface area contributed by atoms with Gasteiger partial charge in [0.1, 0.15) is 0 Å². The Labute approximate surface area is 169 Å². The molecule has 0 aromatic heterocycles. The van der Waals surface area contributed by atoms with Crippen molar-refractivity contribution in [2.45, 2.75) is 12.8 Å². The van der Waals surface area contributed by atoms with Gasteiger partial charge in [0.25, 0.3) is 0 Å². The van der Waals surface area contributed by atoms with Crippen LogP contribution in [0.4, 0.5) is 11.4 Å². The first-order chi connectivity index (χ1) is 13.9. The molecule has 0 aliphatic rings. The van der Waals surface area contributed by atoms with E-state index in [0.29, 0.717) is 35.3 Å². The summed E-state index contributed by atoms with van der Waals surface area (Å²) in [6.45, 7) is 0. The molecule has 3 aromatic rings. The number of nitrogens with one attached hydrogen (secondary N) is 2. The highest BCUT2D eigenvalue weighted by atomic mass is 16.1. The van der Waals surface area contributed by atoms with Crippen LogP contribution in [0, 0.1) is 5.41 Å². The van der Waals surface area contributed by atoms with Crippen molar-refractivity contribution in [3.05, 3.63) is 95.1 Å². The van der Waals surface area contributed by atoms with Gasteiger partial charge in [-0.1, -0.05) is 42.5 Å². The molecule has 6 nitrogen and oxygen atoms in total. The number of nitrogens with two attached hydrogens (primary N) is 2. The zero-order valence-corrected chi connectivity index (χ0v) is 15.8. The number of amides is 2. The molecule has 0 bridgehead atoms. The highest BCUT2D eigenvalue weighted by Crippen LogP contribution is 2.21. The maximum absolute atomic E-state index is 12.3. The van der Waals surface area contributed by atoms with Gasteiger partial charge >= 0.3 is 0 Å². The van der Waals surface area contributed by atoms with Crippen molar-refractivity contribution in [2.24, 2.45) is 5.73 Å². The number of hydrogen-bond acceptors (Lipinski definition) is 4. The maximum Gasteiger partial charge on any atom is 0.248 e. The predicted molar refractivity (Wildman–Crippen MR) is 115 cm³/mol. The van der Waals surface area contributed by atoms with Crippen LogP contribution >= 0.6 is 0 Å². The molecule has 6 N–H and O–H groups in total. The van der Waals surface area contributed by atoms with E-state index in [4.69, 9.17) is 16.9 Å². The Morgan fingerprint density at radius 2 is 1.66 bits per heavy atom. The van der Waals surface area contributed by atoms with Crippen molar-refractivity contribution in [2.75, 3.05) is 11.1 Å². The van der Waals surface area contributed by atoms with Gasteiger partial charge in [-0.25, -0.2) is 0 Å². The number of benzene rings is 3. The monoisotopic (exact) mass is 386 g/mol. The molecule has 0 heterocycles. The first-order valence-electron chi connectivity index (χ1n) is 9.16. The third-order valence-electron chi connectivity index (χ3n) is 4.53. The lowest BCUT2D eigenvalue weighted by atomic mass is 9.98. The van der Waals surface area contributed by atoms with Gasteiger partial charge in [-0.3, -0.25) is 15.0 Å². The SMILES string of the molecule is N=C(c1cccc(NC(=O)CCc2ccccc2)c1)c1cc(C(N)=O)ccc1N. The van der Waals surface area contributed by atoms with E-state index in [1.54, 1.807) is 30.3 Å². The molecule has 2 amide bonds. The average molecular weight is 386 g/mol. The molecule has 0 unspecified atom stereocenters. The Kier molecular flexibility index (Phi) is 6.04. The zero-order chi connectivity index (χ0) is 20.8. The fourth-order valence-electron chi connectivity index (χ4n) is 2.96. The standard InChI is InChI=1S/C23H22N4O2/c24-20-11-10-17(23(26)29)14-19(20)22(25)16-7-4-8-18(13-16)27-21(28)12-9-15-5-2-1-3-6-15/h1-8,10-11,13-14,25H,9,12,24H2,(H2,26,29)(H,27,28). The fraction of sp³-hybridized carbons (Fsp3) is 0.0870. The molecule has 3 rings (SSSR count). The van der Waals surface area contributed by atoms with E-state index >= 15 is 0 Å². The van der Waals surface area contributed by atoms with E-state index in [-0.39, 0.29) is 17.2 Å². The molecule has 0 spiro atoms. The van der Waals surface area contributed by atoms with Gasteiger partial charge in [-0.15, -0.1) is 0 Å². The third kappa shape index (κ3) is 5.07. The quantitative estimate of drug-likeness (QED) is 0.368. The van der Waals surface area contributed by atoms with Crippen LogP contribution in [0.1, 0.15) is 33.5 Å². The number of aryl methyl sites for hydroxylation is 1. The number of hydrogen-bond donors (Lipinski definition) is 4. The van der Waals surface area contributed by atoms with Crippen molar-refractivity contribution < 1.29 is 9.59 Å². The average Bonchev–Trinajstić information content (AvgIpc) is 2.73. The topological polar surface area (TPSA) is 122 Å². The van der Waals surface area contributed by atoms with Crippen molar-refractivity contribution in [3.8, 4) is 0 Å². The number of nitrogen functional groups attached to an aromatic ring is 1. The predicted octanol–water partition coefficient (Wildman–Crippen LogP) is 3.36. The summed E-state index contributed by atoms with van der Waals surface area (Å²) in [6, 6.07) is 21.4. The molecular weight excluding hydrogens is 364 g/mol. The third-order valence-corrected chi connectivity index (χ3v) is 4.53. The Hall–Kier alpha value is -3.93. The summed E-state index contributed by atoms with van der Waals surface area (Å²) in [4.78, 5) is 23.7. The van der Waals surface area contributed by atoms with Crippen molar-refractivity contribution >= 4 is 28.9 Å². The largest absolute Gasteiger partial charge is 0.398 e. The van der Waals surface area contributed by atoms with Gasteiger partial charge in [-0.05, 0) is 42.3 Å². The van der Waals surface area contributed by atoms with Crippen LogP contribution in [0.25, 0.3) is 0 Å². The maximum atomic E-state index is 12.3. The number of primary amides is 1. The zero-order valence-electron chi connectivity index (χ0n) is 15.8. The van der Waals surface area contributed by atoms with Crippen molar-refractivity contribution in [3.63, 3.8) is 0 Å². The number of carbonyl (C=O) groups excluding carboxylic acids is 2. The van der Waals surface area contributed by atoms with Gasteiger partial charge in [0.15, 0.2) is 0 Å². The Morgan fingerprint density at radius 1 is 0.897 bits per heavy atom. The second-order valence-electron chi connectivity index (χ2n) is 6.66. The molecule has 0 atom stereocenters. The summed E-state index contributed by atoms with van der Waals surface area (Å²) in [7, 11) is 0. The molecule has 0 aliphatic heterocycles. The minimum absolute atomic E-state index is 0.104. The molecule has 0 saturated heterocycles. The minimum Gasteiger partial charge on any atom is -0.398 e. The molecule has 146 valence electrons. The second-order valence-corrected chi connectivity index (χ2v) is 6.66. The van der Waals surface area contributed by atoms with Gasteiger partial charge in [-0.2, -0.15) is 0 Å². The summed E-state index contributed by atoms with van der Waals surface area (Å²) in [5, 5.41) is 11.3. The normalized spacial score (nSPS) is 10.3. The lowest BCUT2D eigenvalue weighted by Gasteiger charge is -2.11. The Bertz CT molecular complexity index is 1060. The van der Waals surface area contributed by atoms with Crippen molar-refractivity contribution in [1.82, 2.24) is 0 Å². The summed E-state index contributed by atoms with van der Waals surface area (Å²) in [6.07, 6.45) is 1.01. The highest BCUT2D eigenvalue weighted by molar-refractivity contribution is 6.15. The Morgan fingerprint density at radius 3 is 2.38 bits per heavy atom. The van der Waals surface area contributed by atoms with Crippen LogP contribution in [0.5, 0.6) is 0 Å². The van der Waals surface area contributed by atoms with Crippen molar-refractivity contribution in [1.29, 1.82) is 5.41 Å². The van der Waals surface area contributed by atoms with Crippen LogP contribution in [0.15, 0.2) is 72.8 Å². The van der Waals surface area contributed by atoms with E-state index in [9.17, 15) is 9.59 Å². The number of carbonyl (C=O) groups is 2. The van der Waals surface area contributed by atoms with Gasteiger partial charge in [0, 0.05) is 34.5 Å². The number of rotatable bonds is 7. The molecule has 0 aliphatic carbocycles. The first kappa shape index (κ1) is 19.8. The first-order valence-corrected chi connectivity index (χ1v) is 9.16. The van der Waals surface area contributed by atoms with Gasteiger partial charge < -0.3 is 16.8 Å². The highest BCUT2D eigenvalue weighted by Gasteiger charge is 2.13. The van der Waals surface area contributed by atoms with Gasteiger partial charge in [0.05, 0.1) is 5.71 Å². The minimum atomic E-state index is -0.585. The molecule has 0 fully saturated rings. The number of anilines is 2. The molecule has 29 heavy (non-hydrogen) atoms. The smallest absolute Gasteiger partial charge is 0.248 e. The fourth-order valence-corrected chi connectivity index (χ4v) is 2.96. The van der Waals surface area contributed by atoms with E-state index < -0.39 is 5.91 Å². The molecule has 0 radical (unpaired) electrons. The van der Waals surface area contributed by atoms with Crippen LogP contribution < -0.4 is 16.8 Å². The van der Waals surface area contributed by atoms with Crippen LogP contribution in [0.3, 0.4) is 0 Å². The molecule has 6 heteroatoms. The summed E-state index contributed by atoms with van der Waals surface area (Å²) < 4.78 is 0. The Balaban J connectivity index is 1.72. The molecular formula is C23H22N4O2. The van der Waals surface area contributed by atoms with E-state index in [1.165, 1.54) is 12.1 Å². The summed E-state index contributed by atoms with van der Waals surface area (Å²) in [5.74, 6) is -0.689. The lowest BCUT2D eigenvalue weighted by molar-refractivity contribution is -0.116. The van der Waals surface area contributed by atoms with E-state index in [0.717, 1.165) is 5.56 Å². The molecule has 3 aromatic carbocycles. The lowest BCUT2D eigenvalue weighted by Crippen LogP contribution is -2.14. The van der Waals surface area contributed by atoms with E-state index in [2.05, 4.69) is 5.32 Å². The summed E-state index contributed by atoms with van der Waals surface area (Å²) >= 11 is 0. The molecule has 0 saturated carbocycles. The van der Waals surface area contributed by atoms with Crippen LogP contribution in [0.2, 0.25) is 0 Å². The van der Waals surface area contributed by atoms with E-state index in [1.807, 2.05) is 30.3 Å². The second kappa shape index (κ2) is 8.84. The van der Waals surface area contributed by atoms with Crippen LogP contribution in [-0.2, 0) is 11.2 Å².